The van der Waals surface area contributed by atoms with E-state index < -0.39 is 34.7 Å². The largest absolute Gasteiger partial charge is 0.465 e. The van der Waals surface area contributed by atoms with Gasteiger partial charge in [-0.15, -0.1) is 23.7 Å². The van der Waals surface area contributed by atoms with Gasteiger partial charge in [-0.05, 0) is 26.7 Å². The van der Waals surface area contributed by atoms with Crippen molar-refractivity contribution in [2.45, 2.75) is 67.2 Å². The summed E-state index contributed by atoms with van der Waals surface area (Å²) in [7, 11) is 0. The van der Waals surface area contributed by atoms with Gasteiger partial charge < -0.3 is 18.9 Å². The Morgan fingerprint density at radius 1 is 0.588 bits per heavy atom. The summed E-state index contributed by atoms with van der Waals surface area (Å²) in [5.41, 5.74) is -1.46. The van der Waals surface area contributed by atoms with E-state index in [1.807, 2.05) is 12.2 Å². The number of carbonyl (C=O) groups excluding carboxylic acids is 4. The molecule has 188 valence electrons. The molecule has 0 unspecified atom stereocenters. The topological polar surface area (TPSA) is 105 Å². The van der Waals surface area contributed by atoms with Gasteiger partial charge in [0.05, 0.1) is 10.8 Å². The second kappa shape index (κ2) is 16.4. The molecule has 0 amide bonds. The first-order chi connectivity index (χ1) is 16.0. The Kier molecular flexibility index (Phi) is 14.8. The molecular weight excluding hydrogens is 440 g/mol. The maximum absolute atomic E-state index is 11.4. The van der Waals surface area contributed by atoms with Gasteiger partial charge in [0, 0.05) is 40.5 Å². The van der Waals surface area contributed by atoms with E-state index in [0.29, 0.717) is 25.7 Å². The lowest BCUT2D eigenvalue weighted by molar-refractivity contribution is -0.153. The van der Waals surface area contributed by atoms with Gasteiger partial charge in [0.1, 0.15) is 26.4 Å². The van der Waals surface area contributed by atoms with Crippen molar-refractivity contribution < 1.29 is 38.1 Å². The van der Waals surface area contributed by atoms with E-state index in [2.05, 4.69) is 23.7 Å². The first kappa shape index (κ1) is 30.7. The van der Waals surface area contributed by atoms with Gasteiger partial charge >= 0.3 is 23.9 Å². The summed E-state index contributed by atoms with van der Waals surface area (Å²) in [6.45, 7) is 8.76. The number of carbonyl (C=O) groups is 4. The molecule has 0 radical (unpaired) electrons. The van der Waals surface area contributed by atoms with Gasteiger partial charge in [0.25, 0.3) is 0 Å². The molecule has 0 heterocycles. The molecule has 0 atom stereocenters. The van der Waals surface area contributed by atoms with Crippen LogP contribution in [0.3, 0.4) is 0 Å². The van der Waals surface area contributed by atoms with Crippen molar-refractivity contribution in [2.24, 2.45) is 10.8 Å². The van der Waals surface area contributed by atoms with Crippen molar-refractivity contribution in [1.29, 1.82) is 0 Å². The zero-order valence-electron chi connectivity index (χ0n) is 21.1. The number of ether oxygens (including phenoxy) is 4. The number of allylic oxidation sites excluding steroid dienone is 2. The quantitative estimate of drug-likeness (QED) is 0.163. The fraction of sp³-hybridized carbons (Fsp3) is 0.615. The van der Waals surface area contributed by atoms with Crippen LogP contribution in [0.25, 0.3) is 0 Å². The van der Waals surface area contributed by atoms with Crippen molar-refractivity contribution in [3.05, 3.63) is 12.2 Å². The summed E-state index contributed by atoms with van der Waals surface area (Å²) in [4.78, 5) is 45.8. The summed E-state index contributed by atoms with van der Waals surface area (Å²) in [5, 5.41) is 0. The molecule has 8 nitrogen and oxygen atoms in total. The Hall–Kier alpha value is -3.26. The van der Waals surface area contributed by atoms with Gasteiger partial charge in [-0.3, -0.25) is 19.2 Å². The van der Waals surface area contributed by atoms with Gasteiger partial charge in [-0.1, -0.05) is 12.2 Å². The predicted molar refractivity (Wildman–Crippen MR) is 126 cm³/mol. The smallest absolute Gasteiger partial charge is 0.302 e. The van der Waals surface area contributed by atoms with E-state index in [1.54, 1.807) is 13.8 Å². The third kappa shape index (κ3) is 14.0. The van der Waals surface area contributed by atoms with Crippen molar-refractivity contribution in [2.75, 3.05) is 26.4 Å². The minimum absolute atomic E-state index is 0.0297. The molecule has 0 aliphatic heterocycles. The molecule has 0 aliphatic rings. The average Bonchev–Trinajstić information content (AvgIpc) is 2.77. The van der Waals surface area contributed by atoms with Crippen LogP contribution in [0.2, 0.25) is 0 Å². The Balaban J connectivity index is 5.80. The number of esters is 4. The average molecular weight is 477 g/mol. The lowest BCUT2D eigenvalue weighted by Gasteiger charge is -2.31. The molecule has 0 saturated heterocycles. The highest BCUT2D eigenvalue weighted by molar-refractivity contribution is 5.67. The third-order valence-electron chi connectivity index (χ3n) is 4.88. The SMILES string of the molecule is CC#CCC(C/C=C\CC(CC#CC)(COC(C)=O)COC(C)=O)(COC(C)=O)COC(C)=O. The summed E-state index contributed by atoms with van der Waals surface area (Å²) in [5.74, 6) is 9.85. The minimum atomic E-state index is -0.728. The molecule has 0 fully saturated rings. The van der Waals surface area contributed by atoms with Gasteiger partial charge in [-0.25, -0.2) is 0 Å². The normalized spacial score (nSPS) is 10.9. The first-order valence-electron chi connectivity index (χ1n) is 11.0. The third-order valence-corrected chi connectivity index (χ3v) is 4.88. The Bertz CT molecular complexity index is 741. The highest BCUT2D eigenvalue weighted by atomic mass is 16.6. The zero-order valence-corrected chi connectivity index (χ0v) is 21.1. The molecule has 0 rings (SSSR count). The van der Waals surface area contributed by atoms with Crippen LogP contribution in [-0.4, -0.2) is 50.3 Å². The summed E-state index contributed by atoms with van der Waals surface area (Å²) in [6, 6.07) is 0. The second-order valence-corrected chi connectivity index (χ2v) is 8.21. The van der Waals surface area contributed by atoms with E-state index in [-0.39, 0.29) is 26.4 Å². The van der Waals surface area contributed by atoms with Crippen molar-refractivity contribution in [1.82, 2.24) is 0 Å². The van der Waals surface area contributed by atoms with E-state index in [4.69, 9.17) is 18.9 Å². The Morgan fingerprint density at radius 3 is 1.06 bits per heavy atom. The molecule has 0 aromatic heterocycles. The maximum Gasteiger partial charge on any atom is 0.302 e. The minimum Gasteiger partial charge on any atom is -0.465 e. The molecule has 0 spiro atoms. The number of rotatable bonds is 14. The molecule has 8 heteroatoms. The van der Waals surface area contributed by atoms with Gasteiger partial charge in [0.15, 0.2) is 0 Å². The molecule has 0 N–H and O–H groups in total. The van der Waals surface area contributed by atoms with Crippen LogP contribution in [-0.2, 0) is 38.1 Å². The Morgan fingerprint density at radius 2 is 0.853 bits per heavy atom. The van der Waals surface area contributed by atoms with Gasteiger partial charge in [0.2, 0.25) is 0 Å². The first-order valence-corrected chi connectivity index (χ1v) is 11.0. The van der Waals surface area contributed by atoms with Crippen molar-refractivity contribution >= 4 is 23.9 Å². The predicted octanol–water partition coefficient (Wildman–Crippen LogP) is 3.37. The fourth-order valence-corrected chi connectivity index (χ4v) is 2.90. The van der Waals surface area contributed by atoms with Crippen molar-refractivity contribution in [3.63, 3.8) is 0 Å². The lowest BCUT2D eigenvalue weighted by Crippen LogP contribution is -2.34. The lowest BCUT2D eigenvalue weighted by atomic mass is 9.80. The summed E-state index contributed by atoms with van der Waals surface area (Å²) >= 11 is 0. The molecule has 0 saturated carbocycles. The van der Waals surface area contributed by atoms with E-state index >= 15 is 0 Å². The van der Waals surface area contributed by atoms with Crippen LogP contribution in [0.15, 0.2) is 12.2 Å². The molecular formula is C26H36O8. The highest BCUT2D eigenvalue weighted by Crippen LogP contribution is 2.32. The number of hydrogen-bond acceptors (Lipinski definition) is 8. The van der Waals surface area contributed by atoms with Crippen LogP contribution < -0.4 is 0 Å². The fourth-order valence-electron chi connectivity index (χ4n) is 2.90. The van der Waals surface area contributed by atoms with Crippen LogP contribution in [0.5, 0.6) is 0 Å². The van der Waals surface area contributed by atoms with E-state index in [0.717, 1.165) is 0 Å². The van der Waals surface area contributed by atoms with E-state index in [9.17, 15) is 19.2 Å². The van der Waals surface area contributed by atoms with Crippen LogP contribution in [0, 0.1) is 34.5 Å². The standard InChI is InChI=1S/C26H36O8/c1-7-9-13-25(17-31-21(3)27,18-32-22(4)28)15-11-12-16-26(14-10-8-2,19-33-23(5)29)20-34-24(6)30/h11-12H,13-20H2,1-6H3/b12-11-. The highest BCUT2D eigenvalue weighted by Gasteiger charge is 2.34. The monoisotopic (exact) mass is 476 g/mol. The second-order valence-electron chi connectivity index (χ2n) is 8.21. The summed E-state index contributed by atoms with van der Waals surface area (Å²) in [6.07, 6.45) is 5.25. The molecule has 34 heavy (non-hydrogen) atoms. The van der Waals surface area contributed by atoms with Crippen LogP contribution in [0.1, 0.15) is 67.2 Å². The molecule has 0 aromatic rings. The molecule has 0 aromatic carbocycles. The van der Waals surface area contributed by atoms with Gasteiger partial charge in [-0.2, -0.15) is 0 Å². The Labute approximate surface area is 202 Å². The van der Waals surface area contributed by atoms with Crippen molar-refractivity contribution in [3.8, 4) is 23.7 Å². The molecule has 0 bridgehead atoms. The zero-order chi connectivity index (χ0) is 26.0. The summed E-state index contributed by atoms with van der Waals surface area (Å²) < 4.78 is 21.0. The van der Waals surface area contributed by atoms with Crippen LogP contribution >= 0.6 is 0 Å². The number of hydrogen-bond donors (Lipinski definition) is 0. The molecule has 0 aliphatic carbocycles. The maximum atomic E-state index is 11.4. The van der Waals surface area contributed by atoms with E-state index in [1.165, 1.54) is 27.7 Å². The van der Waals surface area contributed by atoms with Crippen LogP contribution in [0.4, 0.5) is 0 Å².